The van der Waals surface area contributed by atoms with Gasteiger partial charge in [-0.05, 0) is 56.3 Å². The molecule has 6 nitrogen and oxygen atoms in total. The van der Waals surface area contributed by atoms with Crippen LogP contribution in [0, 0.1) is 0 Å². The predicted molar refractivity (Wildman–Crippen MR) is 120 cm³/mol. The van der Waals surface area contributed by atoms with Crippen molar-refractivity contribution in [3.05, 3.63) is 63.9 Å². The third kappa shape index (κ3) is 5.98. The number of benzene rings is 2. The predicted octanol–water partition coefficient (Wildman–Crippen LogP) is 5.58. The highest BCUT2D eigenvalue weighted by Crippen LogP contribution is 2.26. The molecule has 0 aliphatic rings. The van der Waals surface area contributed by atoms with Crippen molar-refractivity contribution in [1.29, 1.82) is 0 Å². The first kappa shape index (κ1) is 21.7. The molecule has 0 fully saturated rings. The monoisotopic (exact) mass is 494 g/mol. The molecule has 1 aromatic heterocycles. The average molecular weight is 496 g/mol. The second-order valence-corrected chi connectivity index (χ2v) is 8.44. The zero-order valence-electron chi connectivity index (χ0n) is 15.9. The Labute approximate surface area is 187 Å². The van der Waals surface area contributed by atoms with Gasteiger partial charge in [0.1, 0.15) is 5.75 Å². The number of ether oxygens (including phenoxy) is 1. The standard InChI is InChI=1S/C20H20BrClN4O2S/c1-3-26-19(13(2)28-17-6-4-5-15(22)11-17)24-25-20(26)29-12-18(27)23-16-9-7-14(21)8-10-16/h4-11,13H,3,12H2,1-2H3,(H,23,27). The molecule has 0 aliphatic heterocycles. The van der Waals surface area contributed by atoms with Crippen LogP contribution in [-0.4, -0.2) is 26.4 Å². The summed E-state index contributed by atoms with van der Waals surface area (Å²) in [6.45, 7) is 4.58. The van der Waals surface area contributed by atoms with Crippen molar-refractivity contribution in [1.82, 2.24) is 14.8 Å². The summed E-state index contributed by atoms with van der Waals surface area (Å²) >= 11 is 10.7. The van der Waals surface area contributed by atoms with E-state index in [0.717, 1.165) is 10.2 Å². The quantitative estimate of drug-likeness (QED) is 0.413. The minimum absolute atomic E-state index is 0.104. The molecular formula is C20H20BrClN4O2S. The molecular weight excluding hydrogens is 476 g/mol. The van der Waals surface area contributed by atoms with Crippen molar-refractivity contribution in [3.63, 3.8) is 0 Å². The molecule has 0 saturated carbocycles. The summed E-state index contributed by atoms with van der Waals surface area (Å²) < 4.78 is 8.86. The smallest absolute Gasteiger partial charge is 0.234 e. The molecule has 0 bridgehead atoms. The summed E-state index contributed by atoms with van der Waals surface area (Å²) in [6.07, 6.45) is -0.313. The fourth-order valence-corrected chi connectivity index (χ4v) is 3.92. The van der Waals surface area contributed by atoms with Gasteiger partial charge in [-0.15, -0.1) is 10.2 Å². The lowest BCUT2D eigenvalue weighted by molar-refractivity contribution is -0.113. The van der Waals surface area contributed by atoms with Gasteiger partial charge in [-0.3, -0.25) is 4.79 Å². The van der Waals surface area contributed by atoms with Gasteiger partial charge in [-0.25, -0.2) is 0 Å². The minimum Gasteiger partial charge on any atom is -0.483 e. The van der Waals surface area contributed by atoms with Gasteiger partial charge in [0.05, 0.1) is 5.75 Å². The van der Waals surface area contributed by atoms with Crippen molar-refractivity contribution >= 4 is 50.9 Å². The third-order valence-electron chi connectivity index (χ3n) is 3.99. The highest BCUT2D eigenvalue weighted by molar-refractivity contribution is 9.10. The maximum absolute atomic E-state index is 12.2. The number of aromatic nitrogens is 3. The number of anilines is 1. The molecule has 0 spiro atoms. The molecule has 0 radical (unpaired) electrons. The zero-order chi connectivity index (χ0) is 20.8. The van der Waals surface area contributed by atoms with Gasteiger partial charge in [-0.2, -0.15) is 0 Å². The van der Waals surface area contributed by atoms with E-state index in [0.29, 0.717) is 28.3 Å². The molecule has 1 N–H and O–H groups in total. The van der Waals surface area contributed by atoms with Crippen molar-refractivity contribution in [3.8, 4) is 5.75 Å². The van der Waals surface area contributed by atoms with E-state index in [9.17, 15) is 4.79 Å². The molecule has 0 saturated heterocycles. The number of nitrogens with one attached hydrogen (secondary N) is 1. The molecule has 1 heterocycles. The summed E-state index contributed by atoms with van der Waals surface area (Å²) in [5.74, 6) is 1.49. The average Bonchev–Trinajstić information content (AvgIpc) is 3.11. The van der Waals surface area contributed by atoms with E-state index in [2.05, 4.69) is 31.4 Å². The summed E-state index contributed by atoms with van der Waals surface area (Å²) in [4.78, 5) is 12.2. The fourth-order valence-electron chi connectivity index (χ4n) is 2.66. The Hall–Kier alpha value is -2.03. The Bertz CT molecular complexity index is 981. The number of amides is 1. The van der Waals surface area contributed by atoms with Crippen LogP contribution in [0.5, 0.6) is 5.75 Å². The Morgan fingerprint density at radius 3 is 2.72 bits per heavy atom. The number of nitrogens with zero attached hydrogens (tertiary/aromatic N) is 3. The molecule has 3 aromatic rings. The number of carbonyl (C=O) groups excluding carboxylic acids is 1. The Morgan fingerprint density at radius 1 is 1.28 bits per heavy atom. The first-order chi connectivity index (χ1) is 14.0. The summed E-state index contributed by atoms with van der Waals surface area (Å²) in [5.41, 5.74) is 0.750. The fraction of sp³-hybridized carbons (Fsp3) is 0.250. The van der Waals surface area contributed by atoms with E-state index in [-0.39, 0.29) is 17.8 Å². The summed E-state index contributed by atoms with van der Waals surface area (Å²) in [6, 6.07) is 14.7. The van der Waals surface area contributed by atoms with Gasteiger partial charge in [0, 0.05) is 21.7 Å². The van der Waals surface area contributed by atoms with Crippen LogP contribution in [0.1, 0.15) is 25.8 Å². The lowest BCUT2D eigenvalue weighted by Gasteiger charge is -2.15. The normalized spacial score (nSPS) is 11.9. The van der Waals surface area contributed by atoms with Crippen molar-refractivity contribution in [2.75, 3.05) is 11.1 Å². The molecule has 1 atom stereocenters. The molecule has 3 rings (SSSR count). The number of hydrogen-bond donors (Lipinski definition) is 1. The van der Waals surface area contributed by atoms with Crippen LogP contribution in [0.25, 0.3) is 0 Å². The van der Waals surface area contributed by atoms with E-state index in [1.807, 2.05) is 54.8 Å². The van der Waals surface area contributed by atoms with Gasteiger partial charge in [0.25, 0.3) is 0 Å². The van der Waals surface area contributed by atoms with E-state index in [1.54, 1.807) is 12.1 Å². The van der Waals surface area contributed by atoms with Crippen LogP contribution in [0.15, 0.2) is 58.2 Å². The highest BCUT2D eigenvalue weighted by Gasteiger charge is 2.19. The maximum Gasteiger partial charge on any atom is 0.234 e. The largest absolute Gasteiger partial charge is 0.483 e. The number of halogens is 2. The van der Waals surface area contributed by atoms with Crippen molar-refractivity contribution in [2.24, 2.45) is 0 Å². The van der Waals surface area contributed by atoms with Gasteiger partial charge >= 0.3 is 0 Å². The number of carbonyl (C=O) groups is 1. The second-order valence-electron chi connectivity index (χ2n) is 6.15. The number of thioether (sulfide) groups is 1. The van der Waals surface area contributed by atoms with E-state index in [4.69, 9.17) is 16.3 Å². The Kier molecular flexibility index (Phi) is 7.57. The van der Waals surface area contributed by atoms with Crippen molar-refractivity contribution in [2.45, 2.75) is 31.7 Å². The van der Waals surface area contributed by atoms with Crippen LogP contribution in [0.3, 0.4) is 0 Å². The topological polar surface area (TPSA) is 69.0 Å². The maximum atomic E-state index is 12.2. The Balaban J connectivity index is 1.62. The first-order valence-electron chi connectivity index (χ1n) is 8.99. The molecule has 0 aliphatic carbocycles. The van der Waals surface area contributed by atoms with Crippen molar-refractivity contribution < 1.29 is 9.53 Å². The van der Waals surface area contributed by atoms with Crippen LogP contribution in [-0.2, 0) is 11.3 Å². The lowest BCUT2D eigenvalue weighted by Crippen LogP contribution is -2.15. The zero-order valence-corrected chi connectivity index (χ0v) is 19.1. The molecule has 9 heteroatoms. The van der Waals surface area contributed by atoms with E-state index in [1.165, 1.54) is 11.8 Å². The third-order valence-corrected chi connectivity index (χ3v) is 5.73. The van der Waals surface area contributed by atoms with E-state index < -0.39 is 0 Å². The van der Waals surface area contributed by atoms with Crippen LogP contribution in [0.4, 0.5) is 5.69 Å². The van der Waals surface area contributed by atoms with E-state index >= 15 is 0 Å². The van der Waals surface area contributed by atoms with Gasteiger partial charge in [0.15, 0.2) is 17.1 Å². The Morgan fingerprint density at radius 2 is 2.03 bits per heavy atom. The van der Waals surface area contributed by atoms with Gasteiger partial charge in [0.2, 0.25) is 5.91 Å². The molecule has 29 heavy (non-hydrogen) atoms. The number of rotatable bonds is 8. The minimum atomic E-state index is -0.313. The SMILES string of the molecule is CCn1c(SCC(=O)Nc2ccc(Br)cc2)nnc1C(C)Oc1cccc(Cl)c1. The molecule has 152 valence electrons. The first-order valence-corrected chi connectivity index (χ1v) is 11.2. The lowest BCUT2D eigenvalue weighted by atomic mass is 10.3. The van der Waals surface area contributed by atoms with Crippen LogP contribution >= 0.6 is 39.3 Å². The molecule has 2 aromatic carbocycles. The number of hydrogen-bond acceptors (Lipinski definition) is 5. The highest BCUT2D eigenvalue weighted by atomic mass is 79.9. The molecule has 1 amide bonds. The van der Waals surface area contributed by atoms with Gasteiger partial charge < -0.3 is 14.6 Å². The summed E-state index contributed by atoms with van der Waals surface area (Å²) in [7, 11) is 0. The van der Waals surface area contributed by atoms with Crippen LogP contribution < -0.4 is 10.1 Å². The molecule has 1 unspecified atom stereocenters. The van der Waals surface area contributed by atoms with Crippen LogP contribution in [0.2, 0.25) is 5.02 Å². The van der Waals surface area contributed by atoms with Gasteiger partial charge in [-0.1, -0.05) is 45.4 Å². The summed E-state index contributed by atoms with van der Waals surface area (Å²) in [5, 5.41) is 12.7. The second kappa shape index (κ2) is 10.1.